The van der Waals surface area contributed by atoms with Gasteiger partial charge < -0.3 is 5.11 Å². The van der Waals surface area contributed by atoms with Gasteiger partial charge >= 0.3 is 0 Å². The molecule has 0 atom stereocenters. The Bertz CT molecular complexity index is 718. The topological polar surface area (TPSA) is 66.4 Å². The predicted molar refractivity (Wildman–Crippen MR) is 82.0 cm³/mol. The van der Waals surface area contributed by atoms with Crippen LogP contribution in [0.15, 0.2) is 28.5 Å². The second-order valence-corrected chi connectivity index (χ2v) is 7.82. The van der Waals surface area contributed by atoms with Crippen molar-refractivity contribution in [2.45, 2.75) is 24.7 Å². The summed E-state index contributed by atoms with van der Waals surface area (Å²) in [5.74, 6) is 0. The second-order valence-electron chi connectivity index (χ2n) is 4.37. The molecule has 7 heteroatoms. The largest absolute Gasteiger partial charge is 0.391 e. The quantitative estimate of drug-likeness (QED) is 0.903. The zero-order chi connectivity index (χ0) is 14.9. The van der Waals surface area contributed by atoms with Gasteiger partial charge in [-0.1, -0.05) is 23.7 Å². The highest BCUT2D eigenvalue weighted by Gasteiger charge is 2.20. The lowest BCUT2D eigenvalue weighted by molar-refractivity contribution is 0.285. The molecule has 0 aliphatic rings. The Balaban J connectivity index is 2.41. The van der Waals surface area contributed by atoms with Crippen LogP contribution in [0.25, 0.3) is 0 Å². The smallest absolute Gasteiger partial charge is 0.271 e. The molecule has 2 rings (SSSR count). The molecular weight excluding hydrogens is 318 g/mol. The van der Waals surface area contributed by atoms with E-state index < -0.39 is 10.0 Å². The third-order valence-electron chi connectivity index (χ3n) is 2.86. The molecule has 1 heterocycles. The molecule has 1 aromatic heterocycles. The Morgan fingerprint density at radius 1 is 1.30 bits per heavy atom. The molecule has 2 N–H and O–H groups in total. The molecule has 0 saturated heterocycles. The predicted octanol–water partition coefficient (Wildman–Crippen LogP) is 3.31. The van der Waals surface area contributed by atoms with E-state index in [9.17, 15) is 8.42 Å². The van der Waals surface area contributed by atoms with Crippen molar-refractivity contribution in [2.75, 3.05) is 4.72 Å². The summed E-state index contributed by atoms with van der Waals surface area (Å²) >= 11 is 7.08. The molecule has 108 valence electrons. The van der Waals surface area contributed by atoms with Crippen molar-refractivity contribution in [1.29, 1.82) is 0 Å². The van der Waals surface area contributed by atoms with Gasteiger partial charge in [0.05, 0.1) is 17.3 Å². The van der Waals surface area contributed by atoms with Crippen LogP contribution in [-0.2, 0) is 16.6 Å². The molecule has 1 aromatic carbocycles. The van der Waals surface area contributed by atoms with E-state index in [1.54, 1.807) is 38.1 Å². The Morgan fingerprint density at radius 2 is 2.00 bits per heavy atom. The minimum Gasteiger partial charge on any atom is -0.391 e. The first-order chi connectivity index (χ1) is 9.35. The van der Waals surface area contributed by atoms with Crippen LogP contribution < -0.4 is 4.72 Å². The molecule has 0 bridgehead atoms. The molecule has 0 unspecified atom stereocenters. The average Bonchev–Trinajstić information content (AvgIpc) is 2.76. The summed E-state index contributed by atoms with van der Waals surface area (Å²) in [7, 11) is -3.70. The number of aliphatic hydroxyl groups is 1. The molecule has 0 saturated carbocycles. The third-order valence-corrected chi connectivity index (χ3v) is 6.22. The minimum absolute atomic E-state index is 0.165. The molecule has 0 aliphatic carbocycles. The SMILES string of the molecule is Cc1cc(S(=O)(=O)Nc2c(C)cccc2Cl)sc1CO. The molecule has 0 spiro atoms. The van der Waals surface area contributed by atoms with Crippen LogP contribution in [0.2, 0.25) is 5.02 Å². The summed E-state index contributed by atoms with van der Waals surface area (Å²) < 4.78 is 27.4. The van der Waals surface area contributed by atoms with Crippen LogP contribution in [0.4, 0.5) is 5.69 Å². The van der Waals surface area contributed by atoms with Gasteiger partial charge in [0.25, 0.3) is 10.0 Å². The van der Waals surface area contributed by atoms with E-state index in [0.717, 1.165) is 22.5 Å². The van der Waals surface area contributed by atoms with Gasteiger partial charge in [-0.15, -0.1) is 11.3 Å². The van der Waals surface area contributed by atoms with Crippen molar-refractivity contribution >= 4 is 38.6 Å². The van der Waals surface area contributed by atoms with Gasteiger partial charge in [0.2, 0.25) is 0 Å². The van der Waals surface area contributed by atoms with E-state index in [0.29, 0.717) is 15.6 Å². The van der Waals surface area contributed by atoms with Crippen molar-refractivity contribution in [3.05, 3.63) is 45.3 Å². The lowest BCUT2D eigenvalue weighted by Gasteiger charge is -2.10. The first-order valence-corrected chi connectivity index (χ1v) is 8.51. The maximum Gasteiger partial charge on any atom is 0.271 e. The Morgan fingerprint density at radius 3 is 2.55 bits per heavy atom. The normalized spacial score (nSPS) is 11.6. The number of aliphatic hydroxyl groups excluding tert-OH is 1. The number of anilines is 1. The standard InChI is InChI=1S/C13H14ClNO3S2/c1-8-4-3-5-10(14)13(8)15-20(17,18)12-6-9(2)11(7-16)19-12/h3-6,15-16H,7H2,1-2H3. The fourth-order valence-corrected chi connectivity index (χ4v) is 4.65. The van der Waals surface area contributed by atoms with Crippen LogP contribution in [0.3, 0.4) is 0 Å². The van der Waals surface area contributed by atoms with Crippen LogP contribution in [0.1, 0.15) is 16.0 Å². The summed E-state index contributed by atoms with van der Waals surface area (Å²) in [6, 6.07) is 6.72. The molecule has 0 radical (unpaired) electrons. The molecule has 0 aliphatic heterocycles. The number of hydrogen-bond donors (Lipinski definition) is 2. The van der Waals surface area contributed by atoms with E-state index >= 15 is 0 Å². The average molecular weight is 332 g/mol. The number of halogens is 1. The van der Waals surface area contributed by atoms with E-state index in [2.05, 4.69) is 4.72 Å². The zero-order valence-corrected chi connectivity index (χ0v) is 13.4. The molecule has 4 nitrogen and oxygen atoms in total. The Labute approximate surface area is 127 Å². The number of benzene rings is 1. The Kier molecular flexibility index (Phi) is 4.39. The minimum atomic E-state index is -3.70. The summed E-state index contributed by atoms with van der Waals surface area (Å²) in [6.45, 7) is 3.38. The number of para-hydroxylation sites is 1. The Hall–Kier alpha value is -1.08. The summed E-state index contributed by atoms with van der Waals surface area (Å²) in [4.78, 5) is 0.640. The molecular formula is C13H14ClNO3S2. The van der Waals surface area contributed by atoms with Crippen molar-refractivity contribution in [3.8, 4) is 0 Å². The summed E-state index contributed by atoms with van der Waals surface area (Å²) in [6.07, 6.45) is 0. The monoisotopic (exact) mass is 331 g/mol. The fraction of sp³-hybridized carbons (Fsp3) is 0.231. The maximum absolute atomic E-state index is 12.3. The van der Waals surface area contributed by atoms with E-state index in [1.165, 1.54) is 0 Å². The van der Waals surface area contributed by atoms with Crippen molar-refractivity contribution in [2.24, 2.45) is 0 Å². The van der Waals surface area contributed by atoms with Gasteiger partial charge in [-0.25, -0.2) is 8.42 Å². The van der Waals surface area contributed by atoms with Crippen molar-refractivity contribution in [1.82, 2.24) is 0 Å². The fourth-order valence-electron chi connectivity index (χ4n) is 1.72. The number of nitrogens with one attached hydrogen (secondary N) is 1. The summed E-state index contributed by atoms with van der Waals surface area (Å²) in [5.41, 5.74) is 1.89. The highest BCUT2D eigenvalue weighted by molar-refractivity contribution is 7.94. The highest BCUT2D eigenvalue weighted by Crippen LogP contribution is 2.31. The van der Waals surface area contributed by atoms with Crippen molar-refractivity contribution < 1.29 is 13.5 Å². The number of rotatable bonds is 4. The van der Waals surface area contributed by atoms with Gasteiger partial charge in [-0.2, -0.15) is 0 Å². The van der Waals surface area contributed by atoms with Gasteiger partial charge in [-0.05, 0) is 37.1 Å². The molecule has 20 heavy (non-hydrogen) atoms. The maximum atomic E-state index is 12.3. The first-order valence-electron chi connectivity index (χ1n) is 5.83. The lowest BCUT2D eigenvalue weighted by Crippen LogP contribution is -2.12. The van der Waals surface area contributed by atoms with Crippen LogP contribution in [0, 0.1) is 13.8 Å². The van der Waals surface area contributed by atoms with E-state index in [-0.39, 0.29) is 10.8 Å². The number of thiophene rings is 1. The molecule has 0 fully saturated rings. The van der Waals surface area contributed by atoms with Crippen molar-refractivity contribution in [3.63, 3.8) is 0 Å². The van der Waals surface area contributed by atoms with Gasteiger partial charge in [0.1, 0.15) is 4.21 Å². The van der Waals surface area contributed by atoms with E-state index in [4.69, 9.17) is 16.7 Å². The molecule has 2 aromatic rings. The van der Waals surface area contributed by atoms with Crippen LogP contribution >= 0.6 is 22.9 Å². The number of hydrogen-bond acceptors (Lipinski definition) is 4. The van der Waals surface area contributed by atoms with Crippen LogP contribution in [0.5, 0.6) is 0 Å². The number of aryl methyl sites for hydroxylation is 2. The van der Waals surface area contributed by atoms with Gasteiger partial charge in [0, 0.05) is 4.88 Å². The van der Waals surface area contributed by atoms with Gasteiger partial charge in [0.15, 0.2) is 0 Å². The third kappa shape index (κ3) is 2.98. The highest BCUT2D eigenvalue weighted by atomic mass is 35.5. The zero-order valence-electron chi connectivity index (χ0n) is 11.0. The first kappa shape index (κ1) is 15.3. The summed E-state index contributed by atoms with van der Waals surface area (Å²) in [5, 5.41) is 9.50. The molecule has 0 amide bonds. The number of sulfonamides is 1. The van der Waals surface area contributed by atoms with E-state index in [1.807, 2.05) is 0 Å². The lowest BCUT2D eigenvalue weighted by atomic mass is 10.2. The van der Waals surface area contributed by atoms with Gasteiger partial charge in [-0.3, -0.25) is 4.72 Å². The van der Waals surface area contributed by atoms with Crippen LogP contribution in [-0.4, -0.2) is 13.5 Å². The second kappa shape index (κ2) is 5.73.